The summed E-state index contributed by atoms with van der Waals surface area (Å²) >= 11 is 0. The summed E-state index contributed by atoms with van der Waals surface area (Å²) in [5.41, 5.74) is 0.320. The summed E-state index contributed by atoms with van der Waals surface area (Å²) < 4.78 is 38.4. The van der Waals surface area contributed by atoms with Crippen LogP contribution in [0.3, 0.4) is 0 Å². The monoisotopic (exact) mass is 347 g/mol. The molecule has 4 rings (SSSR count). The number of rotatable bonds is 2. The molecule has 0 unspecified atom stereocenters. The van der Waals surface area contributed by atoms with Crippen molar-refractivity contribution < 1.29 is 28.2 Å². The van der Waals surface area contributed by atoms with Crippen LogP contribution < -0.4 is 9.47 Å². The average Bonchev–Trinajstić information content (AvgIpc) is 3.22. The summed E-state index contributed by atoms with van der Waals surface area (Å²) in [4.78, 5) is 14.3. The van der Waals surface area contributed by atoms with Crippen LogP contribution in [-0.2, 0) is 0 Å². The molecule has 0 spiro atoms. The van der Waals surface area contributed by atoms with Crippen molar-refractivity contribution in [2.75, 3.05) is 13.3 Å². The maximum Gasteiger partial charge on any atom is 0.258 e. The molecule has 0 bridgehead atoms. The fourth-order valence-corrected chi connectivity index (χ4v) is 3.36. The van der Waals surface area contributed by atoms with Crippen LogP contribution in [0.5, 0.6) is 11.5 Å². The Balaban J connectivity index is 1.72. The van der Waals surface area contributed by atoms with E-state index in [4.69, 9.17) is 9.47 Å². The Hall–Kier alpha value is -2.67. The third kappa shape index (κ3) is 2.70. The first-order valence-corrected chi connectivity index (χ1v) is 7.87. The van der Waals surface area contributed by atoms with Crippen molar-refractivity contribution in [1.82, 2.24) is 4.90 Å². The quantitative estimate of drug-likeness (QED) is 0.907. The Labute approximate surface area is 142 Å². The Bertz CT molecular complexity index is 842. The molecule has 0 radical (unpaired) electrons. The lowest BCUT2D eigenvalue weighted by molar-refractivity contribution is 0.0709. The molecule has 2 atom stereocenters. The van der Waals surface area contributed by atoms with Gasteiger partial charge in [-0.3, -0.25) is 4.79 Å². The average molecular weight is 347 g/mol. The molecule has 7 heteroatoms. The first-order valence-electron chi connectivity index (χ1n) is 7.87. The molecule has 0 saturated carbocycles. The van der Waals surface area contributed by atoms with Crippen LogP contribution in [0, 0.1) is 11.6 Å². The summed E-state index contributed by atoms with van der Waals surface area (Å²) in [5, 5.41) is 10.0. The molecule has 2 aromatic rings. The summed E-state index contributed by atoms with van der Waals surface area (Å²) in [6, 6.07) is 7.27. The van der Waals surface area contributed by atoms with Crippen molar-refractivity contribution in [1.29, 1.82) is 0 Å². The molecule has 0 aromatic heterocycles. The Morgan fingerprint density at radius 3 is 2.88 bits per heavy atom. The van der Waals surface area contributed by atoms with Crippen molar-refractivity contribution in [2.45, 2.75) is 18.6 Å². The van der Waals surface area contributed by atoms with Crippen molar-refractivity contribution in [3.8, 4) is 11.5 Å². The van der Waals surface area contributed by atoms with E-state index in [1.54, 1.807) is 18.2 Å². The molecule has 2 heterocycles. The molecule has 1 N–H and O–H groups in total. The number of nitrogens with zero attached hydrogens (tertiary/aromatic N) is 1. The molecule has 2 aromatic carbocycles. The van der Waals surface area contributed by atoms with Crippen LogP contribution in [0.1, 0.15) is 28.4 Å². The van der Waals surface area contributed by atoms with Crippen molar-refractivity contribution in [3.05, 3.63) is 59.2 Å². The minimum absolute atomic E-state index is 0.0181. The molecule has 1 fully saturated rings. The Kier molecular flexibility index (Phi) is 3.80. The number of carbonyl (C=O) groups is 1. The standard InChI is InChI=1S/C18H15F2NO4/c19-10-4-5-14(20)13(6-10)15-7-11(22)8-21(15)18(23)12-2-1-3-16-17(12)25-9-24-16/h1-6,11,15,22H,7-9H2/t11-,15+/m0/s1. The normalized spacial score (nSPS) is 21.6. The number of likely N-dealkylation sites (tertiary alicyclic amines) is 1. The lowest BCUT2D eigenvalue weighted by Gasteiger charge is -2.25. The van der Waals surface area contributed by atoms with Gasteiger partial charge in [-0.25, -0.2) is 8.78 Å². The highest BCUT2D eigenvalue weighted by Gasteiger charge is 2.38. The highest BCUT2D eigenvalue weighted by atomic mass is 19.1. The van der Waals surface area contributed by atoms with Gasteiger partial charge in [0.1, 0.15) is 11.6 Å². The topological polar surface area (TPSA) is 59.0 Å². The third-order valence-electron chi connectivity index (χ3n) is 4.48. The molecule has 1 amide bonds. The predicted molar refractivity (Wildman–Crippen MR) is 83.3 cm³/mol. The van der Waals surface area contributed by atoms with Crippen molar-refractivity contribution >= 4 is 5.91 Å². The van der Waals surface area contributed by atoms with Crippen LogP contribution in [0.25, 0.3) is 0 Å². The lowest BCUT2D eigenvalue weighted by Crippen LogP contribution is -2.32. The molecular formula is C18H15F2NO4. The van der Waals surface area contributed by atoms with Crippen LogP contribution in [-0.4, -0.2) is 35.4 Å². The molecule has 130 valence electrons. The first kappa shape index (κ1) is 15.8. The van der Waals surface area contributed by atoms with E-state index >= 15 is 0 Å². The van der Waals surface area contributed by atoms with Crippen LogP contribution in [0.4, 0.5) is 8.78 Å². The predicted octanol–water partition coefficient (Wildman–Crippen LogP) is 2.64. The number of aliphatic hydroxyl groups is 1. The third-order valence-corrected chi connectivity index (χ3v) is 4.48. The van der Waals surface area contributed by atoms with Gasteiger partial charge in [-0.1, -0.05) is 6.07 Å². The molecular weight excluding hydrogens is 332 g/mol. The van der Waals surface area contributed by atoms with E-state index in [0.717, 1.165) is 18.2 Å². The van der Waals surface area contributed by atoms with Gasteiger partial charge in [-0.05, 0) is 36.8 Å². The van der Waals surface area contributed by atoms with Crippen LogP contribution >= 0.6 is 0 Å². The summed E-state index contributed by atoms with van der Waals surface area (Å²) in [7, 11) is 0. The SMILES string of the molecule is O=C(c1cccc2c1OCO2)N1C[C@@H](O)C[C@@H]1c1cc(F)ccc1F. The van der Waals surface area contributed by atoms with E-state index in [1.165, 1.54) is 4.90 Å². The van der Waals surface area contributed by atoms with E-state index in [2.05, 4.69) is 0 Å². The van der Waals surface area contributed by atoms with Gasteiger partial charge in [-0.15, -0.1) is 0 Å². The van der Waals surface area contributed by atoms with Gasteiger partial charge in [0.25, 0.3) is 5.91 Å². The largest absolute Gasteiger partial charge is 0.454 e. The second kappa shape index (κ2) is 6.00. The maximum absolute atomic E-state index is 14.2. The number of carbonyl (C=O) groups excluding carboxylic acids is 1. The number of halogens is 2. The maximum atomic E-state index is 14.2. The number of hydrogen-bond donors (Lipinski definition) is 1. The number of fused-ring (bicyclic) bond motifs is 1. The number of ether oxygens (including phenoxy) is 2. The van der Waals surface area contributed by atoms with E-state index in [9.17, 15) is 18.7 Å². The molecule has 0 aliphatic carbocycles. The number of benzene rings is 2. The zero-order chi connectivity index (χ0) is 17.6. The molecule has 1 saturated heterocycles. The number of β-amino-alcohol motifs (C(OH)–C–C–N with tert-alkyl or cyclic N) is 1. The lowest BCUT2D eigenvalue weighted by atomic mass is 10.0. The highest BCUT2D eigenvalue weighted by Crippen LogP contribution is 2.40. The van der Waals surface area contributed by atoms with Gasteiger partial charge in [0.05, 0.1) is 17.7 Å². The van der Waals surface area contributed by atoms with Gasteiger partial charge >= 0.3 is 0 Å². The van der Waals surface area contributed by atoms with Gasteiger partial charge in [0.2, 0.25) is 6.79 Å². The summed E-state index contributed by atoms with van der Waals surface area (Å²) in [6.45, 7) is 0.0498. The van der Waals surface area contributed by atoms with Gasteiger partial charge in [0, 0.05) is 12.1 Å². The molecule has 5 nitrogen and oxygen atoms in total. The highest BCUT2D eigenvalue weighted by molar-refractivity contribution is 5.98. The zero-order valence-electron chi connectivity index (χ0n) is 13.1. The number of aliphatic hydroxyl groups excluding tert-OH is 1. The van der Waals surface area contributed by atoms with Gasteiger partial charge < -0.3 is 19.5 Å². The smallest absolute Gasteiger partial charge is 0.258 e. The van der Waals surface area contributed by atoms with Crippen molar-refractivity contribution in [3.63, 3.8) is 0 Å². The van der Waals surface area contributed by atoms with E-state index in [0.29, 0.717) is 11.5 Å². The summed E-state index contributed by atoms with van der Waals surface area (Å²) in [5.74, 6) is -0.849. The minimum Gasteiger partial charge on any atom is -0.454 e. The number of amides is 1. The molecule has 25 heavy (non-hydrogen) atoms. The van der Waals surface area contributed by atoms with Crippen molar-refractivity contribution in [2.24, 2.45) is 0 Å². The number of para-hydroxylation sites is 1. The fourth-order valence-electron chi connectivity index (χ4n) is 3.36. The number of hydrogen-bond acceptors (Lipinski definition) is 4. The Morgan fingerprint density at radius 2 is 2.04 bits per heavy atom. The first-order chi connectivity index (χ1) is 12.0. The Morgan fingerprint density at radius 1 is 1.20 bits per heavy atom. The minimum atomic E-state index is -0.814. The van der Waals surface area contributed by atoms with Crippen LogP contribution in [0.2, 0.25) is 0 Å². The second-order valence-corrected chi connectivity index (χ2v) is 6.07. The fraction of sp³-hybridized carbons (Fsp3) is 0.278. The zero-order valence-corrected chi connectivity index (χ0v) is 13.1. The second-order valence-electron chi connectivity index (χ2n) is 6.07. The van der Waals surface area contributed by atoms with Gasteiger partial charge in [-0.2, -0.15) is 0 Å². The molecule has 2 aliphatic heterocycles. The van der Waals surface area contributed by atoms with E-state index in [-0.39, 0.29) is 30.9 Å². The molecule has 2 aliphatic rings. The van der Waals surface area contributed by atoms with E-state index < -0.39 is 29.7 Å². The van der Waals surface area contributed by atoms with Gasteiger partial charge in [0.15, 0.2) is 11.5 Å². The van der Waals surface area contributed by atoms with E-state index in [1.807, 2.05) is 0 Å². The summed E-state index contributed by atoms with van der Waals surface area (Å²) in [6.07, 6.45) is -0.677. The van der Waals surface area contributed by atoms with Crippen LogP contribution in [0.15, 0.2) is 36.4 Å².